The van der Waals surface area contributed by atoms with Crippen LogP contribution in [0.4, 0.5) is 18.9 Å². The molecule has 0 saturated heterocycles. The van der Waals surface area contributed by atoms with Gasteiger partial charge in [-0.2, -0.15) is 23.5 Å². The molecular weight excluding hydrogens is 285 g/mol. The van der Waals surface area contributed by atoms with Gasteiger partial charge >= 0.3 is 6.18 Å². The summed E-state index contributed by atoms with van der Waals surface area (Å²) in [7, 11) is 0. The molecule has 1 aromatic heterocycles. The molecule has 0 saturated carbocycles. The van der Waals surface area contributed by atoms with E-state index >= 15 is 0 Å². The number of aromatic amines is 1. The Morgan fingerprint density at radius 2 is 2.14 bits per heavy atom. The Balaban J connectivity index is 2.39. The molecule has 8 heteroatoms. The van der Waals surface area contributed by atoms with E-state index in [4.69, 9.17) is 5.26 Å². The number of aryl methyl sites for hydroxylation is 1. The fraction of sp³-hybridized carbons (Fsp3) is 0.154. The molecule has 5 nitrogen and oxygen atoms in total. The zero-order chi connectivity index (χ0) is 15.6. The number of H-pyrrole nitrogens is 1. The van der Waals surface area contributed by atoms with Gasteiger partial charge in [-0.25, -0.2) is 0 Å². The molecule has 0 radical (unpaired) electrons. The van der Waals surface area contributed by atoms with E-state index in [-0.39, 0.29) is 11.1 Å². The third kappa shape index (κ3) is 3.02. The molecule has 2 rings (SSSR count). The van der Waals surface area contributed by atoms with E-state index in [0.29, 0.717) is 11.8 Å². The smallest absolute Gasteiger partial charge is 0.321 e. The summed E-state index contributed by atoms with van der Waals surface area (Å²) in [5.74, 6) is -0.712. The van der Waals surface area contributed by atoms with E-state index in [1.54, 1.807) is 13.0 Å². The molecule has 21 heavy (non-hydrogen) atoms. The van der Waals surface area contributed by atoms with Gasteiger partial charge in [0.05, 0.1) is 34.6 Å². The highest BCUT2D eigenvalue weighted by Gasteiger charge is 2.34. The lowest BCUT2D eigenvalue weighted by Gasteiger charge is -2.13. The number of nitrogens with zero attached hydrogens (tertiary/aromatic N) is 2. The zero-order valence-electron chi connectivity index (χ0n) is 10.7. The lowest BCUT2D eigenvalue weighted by Crippen LogP contribution is -2.17. The Hall–Kier alpha value is -2.82. The summed E-state index contributed by atoms with van der Waals surface area (Å²) in [5.41, 5.74) is -1.04. The molecule has 0 aliphatic heterocycles. The van der Waals surface area contributed by atoms with E-state index in [2.05, 4.69) is 15.5 Å². The second-order valence-corrected chi connectivity index (χ2v) is 4.23. The van der Waals surface area contributed by atoms with Crippen LogP contribution in [0.2, 0.25) is 0 Å². The molecule has 2 N–H and O–H groups in total. The molecule has 1 heterocycles. The maximum Gasteiger partial charge on any atom is 0.418 e. The molecule has 1 aromatic carbocycles. The number of halogens is 3. The normalized spacial score (nSPS) is 11.0. The van der Waals surface area contributed by atoms with E-state index in [0.717, 1.165) is 6.07 Å². The maximum absolute atomic E-state index is 13.0. The summed E-state index contributed by atoms with van der Waals surface area (Å²) in [6, 6.07) is 4.57. The number of rotatable bonds is 2. The van der Waals surface area contributed by atoms with E-state index < -0.39 is 23.3 Å². The van der Waals surface area contributed by atoms with E-state index in [1.165, 1.54) is 12.3 Å². The minimum Gasteiger partial charge on any atom is -0.321 e. The first kappa shape index (κ1) is 14.6. The number of carbonyl (C=O) groups is 1. The van der Waals surface area contributed by atoms with Crippen LogP contribution in [0.1, 0.15) is 27.2 Å². The minimum absolute atomic E-state index is 0.139. The third-order valence-electron chi connectivity index (χ3n) is 2.78. The van der Waals surface area contributed by atoms with Crippen molar-refractivity contribution in [3.63, 3.8) is 0 Å². The van der Waals surface area contributed by atoms with Crippen LogP contribution >= 0.6 is 0 Å². The monoisotopic (exact) mass is 294 g/mol. The average molecular weight is 294 g/mol. The number of aromatic nitrogens is 2. The highest BCUT2D eigenvalue weighted by molar-refractivity contribution is 6.05. The highest BCUT2D eigenvalue weighted by atomic mass is 19.4. The summed E-state index contributed by atoms with van der Waals surface area (Å²) >= 11 is 0. The van der Waals surface area contributed by atoms with Crippen molar-refractivity contribution in [3.05, 3.63) is 46.8 Å². The summed E-state index contributed by atoms with van der Waals surface area (Å²) in [4.78, 5) is 11.9. The SMILES string of the molecule is Cc1[nH]ncc1C(=O)Nc1ccc(C#N)cc1C(F)(F)F. The van der Waals surface area contributed by atoms with Gasteiger partial charge in [-0.3, -0.25) is 9.89 Å². The Bertz CT molecular complexity index is 728. The van der Waals surface area contributed by atoms with Gasteiger partial charge in [0, 0.05) is 5.69 Å². The van der Waals surface area contributed by atoms with Crippen LogP contribution in [0.25, 0.3) is 0 Å². The molecule has 0 bridgehead atoms. The van der Waals surface area contributed by atoms with E-state index in [1.807, 2.05) is 0 Å². The predicted molar refractivity (Wildman–Crippen MR) is 67.4 cm³/mol. The predicted octanol–water partition coefficient (Wildman–Crippen LogP) is 2.86. The van der Waals surface area contributed by atoms with Crippen molar-refractivity contribution in [3.8, 4) is 6.07 Å². The average Bonchev–Trinajstić information content (AvgIpc) is 2.84. The molecule has 0 atom stereocenters. The number of nitrogens with one attached hydrogen (secondary N) is 2. The van der Waals surface area contributed by atoms with Crippen LogP contribution in [-0.4, -0.2) is 16.1 Å². The molecule has 0 aliphatic carbocycles. The molecule has 0 aliphatic rings. The largest absolute Gasteiger partial charge is 0.418 e. The maximum atomic E-state index is 13.0. The summed E-state index contributed by atoms with van der Waals surface area (Å²) in [5, 5.41) is 17.0. The van der Waals surface area contributed by atoms with Crippen molar-refractivity contribution in [2.75, 3.05) is 5.32 Å². The summed E-state index contributed by atoms with van der Waals surface area (Å²) < 4.78 is 38.9. The summed E-state index contributed by atoms with van der Waals surface area (Å²) in [6.45, 7) is 1.57. The Labute approximate surface area is 117 Å². The second kappa shape index (κ2) is 5.28. The number of amides is 1. The first-order chi connectivity index (χ1) is 9.82. The summed E-state index contributed by atoms with van der Waals surface area (Å²) in [6.07, 6.45) is -3.46. The number of anilines is 1. The van der Waals surface area contributed by atoms with Crippen molar-refractivity contribution >= 4 is 11.6 Å². The fourth-order valence-corrected chi connectivity index (χ4v) is 1.73. The minimum atomic E-state index is -4.68. The lowest BCUT2D eigenvalue weighted by atomic mass is 10.1. The van der Waals surface area contributed by atoms with Crippen LogP contribution in [0, 0.1) is 18.3 Å². The quantitative estimate of drug-likeness (QED) is 0.893. The topological polar surface area (TPSA) is 81.6 Å². The van der Waals surface area contributed by atoms with Gasteiger partial charge in [0.15, 0.2) is 0 Å². The molecular formula is C13H9F3N4O. The number of carbonyl (C=O) groups excluding carboxylic acids is 1. The van der Waals surface area contributed by atoms with Crippen molar-refractivity contribution in [2.24, 2.45) is 0 Å². The van der Waals surface area contributed by atoms with E-state index in [9.17, 15) is 18.0 Å². The molecule has 0 fully saturated rings. The number of benzene rings is 1. The fourth-order valence-electron chi connectivity index (χ4n) is 1.73. The molecule has 1 amide bonds. The first-order valence-corrected chi connectivity index (χ1v) is 5.75. The number of nitriles is 1. The second-order valence-electron chi connectivity index (χ2n) is 4.23. The number of hydrogen-bond acceptors (Lipinski definition) is 3. The Morgan fingerprint density at radius 1 is 1.43 bits per heavy atom. The van der Waals surface area contributed by atoms with Crippen LogP contribution in [0.15, 0.2) is 24.4 Å². The van der Waals surface area contributed by atoms with Crippen molar-refractivity contribution < 1.29 is 18.0 Å². The van der Waals surface area contributed by atoms with Crippen molar-refractivity contribution in [2.45, 2.75) is 13.1 Å². The zero-order valence-corrected chi connectivity index (χ0v) is 10.7. The van der Waals surface area contributed by atoms with Gasteiger partial charge in [0.1, 0.15) is 0 Å². The lowest BCUT2D eigenvalue weighted by molar-refractivity contribution is -0.136. The van der Waals surface area contributed by atoms with Crippen LogP contribution in [0.3, 0.4) is 0 Å². The molecule has 2 aromatic rings. The Morgan fingerprint density at radius 3 is 2.67 bits per heavy atom. The van der Waals surface area contributed by atoms with Gasteiger partial charge < -0.3 is 5.32 Å². The molecule has 108 valence electrons. The third-order valence-corrected chi connectivity index (χ3v) is 2.78. The standard InChI is InChI=1S/C13H9F3N4O/c1-7-9(6-18-20-7)12(21)19-11-3-2-8(5-17)4-10(11)13(14,15)16/h2-4,6H,1H3,(H,18,20)(H,19,21). The van der Waals surface area contributed by atoms with Crippen molar-refractivity contribution in [1.29, 1.82) is 5.26 Å². The number of hydrogen-bond donors (Lipinski definition) is 2. The van der Waals surface area contributed by atoms with Gasteiger partial charge in [-0.05, 0) is 25.1 Å². The van der Waals surface area contributed by atoms with Crippen molar-refractivity contribution in [1.82, 2.24) is 10.2 Å². The van der Waals surface area contributed by atoms with Gasteiger partial charge in [-0.1, -0.05) is 0 Å². The van der Waals surface area contributed by atoms with Gasteiger partial charge in [0.2, 0.25) is 0 Å². The number of alkyl halides is 3. The van der Waals surface area contributed by atoms with Gasteiger partial charge in [-0.15, -0.1) is 0 Å². The van der Waals surface area contributed by atoms with Gasteiger partial charge in [0.25, 0.3) is 5.91 Å². The van der Waals surface area contributed by atoms with Crippen LogP contribution < -0.4 is 5.32 Å². The molecule has 0 spiro atoms. The highest BCUT2D eigenvalue weighted by Crippen LogP contribution is 2.35. The molecule has 0 unspecified atom stereocenters. The van der Waals surface area contributed by atoms with Crippen LogP contribution in [-0.2, 0) is 6.18 Å². The first-order valence-electron chi connectivity index (χ1n) is 5.75. The van der Waals surface area contributed by atoms with Crippen LogP contribution in [0.5, 0.6) is 0 Å². The Kier molecular flexibility index (Phi) is 3.67.